The van der Waals surface area contributed by atoms with Gasteiger partial charge in [-0.25, -0.2) is 9.67 Å². The van der Waals surface area contributed by atoms with Gasteiger partial charge in [0, 0.05) is 49.1 Å². The summed E-state index contributed by atoms with van der Waals surface area (Å²) in [6, 6.07) is 65.7. The maximum atomic E-state index is 13.2. The molecule has 10 rings (SSSR count). The highest BCUT2D eigenvalue weighted by Gasteiger charge is 2.42. The molecule has 10 nitrogen and oxygen atoms in total. The minimum absolute atomic E-state index is 0.539. The van der Waals surface area contributed by atoms with Crippen molar-refractivity contribution in [1.82, 2.24) is 29.8 Å². The first-order valence-corrected chi connectivity index (χ1v) is 23.6. The second kappa shape index (κ2) is 18.6. The van der Waals surface area contributed by atoms with Crippen LogP contribution in [0.1, 0.15) is 47.8 Å². The predicted molar refractivity (Wildman–Crippen MR) is 270 cm³/mol. The average molecular weight is 898 g/mol. The molecule has 1 atom stereocenters. The third-order valence-corrected chi connectivity index (χ3v) is 13.4. The quantitative estimate of drug-likeness (QED) is 0.0745. The van der Waals surface area contributed by atoms with Crippen LogP contribution in [0.4, 0.5) is 17.1 Å². The Bertz CT molecular complexity index is 3240. The molecule has 0 fully saturated rings. The molecule has 332 valence electrons. The number of imidazole rings is 1. The second-order valence-corrected chi connectivity index (χ2v) is 17.7. The van der Waals surface area contributed by atoms with Crippen LogP contribution in [0.2, 0.25) is 0 Å². The van der Waals surface area contributed by atoms with Crippen molar-refractivity contribution in [3.05, 3.63) is 222 Å². The standard InChI is InChI=1S/C56H50N8O2S/c1-4-5-31-54-57-50-37-36-45(63(67(65)66)52-30-18-27-47-48(52)28-17-29-51(47)61(2)3)38-53(50)62(54)39-40-32-34-41(35-33-40)46-25-15-16-26-49(46)55-58-59-60-64(55)56(42-19-9-6-10-20-42,43-21-11-7-12-22-43)44-23-13-8-14-24-44/h6-30,32-38H,4-5,31,39H2,1-3H3,(H,65,66)/p-1. The van der Waals surface area contributed by atoms with Crippen LogP contribution < -0.4 is 9.21 Å². The van der Waals surface area contributed by atoms with Crippen LogP contribution in [0.5, 0.6) is 0 Å². The predicted octanol–water partition coefficient (Wildman–Crippen LogP) is 11.7. The van der Waals surface area contributed by atoms with E-state index in [0.717, 1.165) is 91.5 Å². The largest absolute Gasteiger partial charge is 0.755 e. The van der Waals surface area contributed by atoms with Crippen molar-refractivity contribution in [3.8, 4) is 22.5 Å². The molecule has 10 aromatic rings. The number of fused-ring (bicyclic) bond motifs is 2. The van der Waals surface area contributed by atoms with E-state index in [-0.39, 0.29) is 0 Å². The summed E-state index contributed by atoms with van der Waals surface area (Å²) >= 11 is -2.61. The van der Waals surface area contributed by atoms with Gasteiger partial charge in [0.05, 0.1) is 33.7 Å². The summed E-state index contributed by atoms with van der Waals surface area (Å²) in [5, 5.41) is 15.8. The number of rotatable bonds is 15. The van der Waals surface area contributed by atoms with Crippen molar-refractivity contribution in [3.63, 3.8) is 0 Å². The Morgan fingerprint density at radius 1 is 0.642 bits per heavy atom. The van der Waals surface area contributed by atoms with Gasteiger partial charge in [-0.2, -0.15) is 0 Å². The van der Waals surface area contributed by atoms with E-state index in [1.807, 2.05) is 109 Å². The molecule has 0 saturated heterocycles. The lowest BCUT2D eigenvalue weighted by molar-refractivity contribution is 0.451. The molecule has 11 heteroatoms. The molecular formula is C56H49N8O2S-. The summed E-state index contributed by atoms with van der Waals surface area (Å²) in [6.07, 6.45) is 2.80. The third-order valence-electron chi connectivity index (χ3n) is 12.7. The number of unbranched alkanes of at least 4 members (excludes halogenated alkanes) is 1. The summed E-state index contributed by atoms with van der Waals surface area (Å²) in [4.78, 5) is 7.15. The molecule has 2 heterocycles. The van der Waals surface area contributed by atoms with Crippen LogP contribution >= 0.6 is 0 Å². The number of anilines is 3. The van der Waals surface area contributed by atoms with Crippen LogP contribution in [0, 0.1) is 0 Å². The van der Waals surface area contributed by atoms with Gasteiger partial charge in [-0.15, -0.1) is 5.10 Å². The Balaban J connectivity index is 1.04. The fourth-order valence-electron chi connectivity index (χ4n) is 9.53. The summed E-state index contributed by atoms with van der Waals surface area (Å²) < 4.78 is 32.0. The number of nitrogens with zero attached hydrogens (tertiary/aromatic N) is 8. The Morgan fingerprint density at radius 2 is 1.22 bits per heavy atom. The van der Waals surface area contributed by atoms with Gasteiger partial charge in [0.1, 0.15) is 11.4 Å². The maximum Gasteiger partial charge on any atom is 0.184 e. The minimum atomic E-state index is -2.61. The summed E-state index contributed by atoms with van der Waals surface area (Å²) in [5.41, 5.74) is 10.0. The Labute approximate surface area is 393 Å². The molecule has 0 N–H and O–H groups in total. The van der Waals surface area contributed by atoms with E-state index in [1.54, 1.807) is 0 Å². The smallest absolute Gasteiger partial charge is 0.184 e. The highest BCUT2D eigenvalue weighted by molar-refractivity contribution is 7.81. The fourth-order valence-corrected chi connectivity index (χ4v) is 10.1. The van der Waals surface area contributed by atoms with Crippen molar-refractivity contribution in [2.45, 2.75) is 38.3 Å². The van der Waals surface area contributed by atoms with Gasteiger partial charge in [0.15, 0.2) is 5.82 Å². The highest BCUT2D eigenvalue weighted by atomic mass is 32.2. The van der Waals surface area contributed by atoms with Gasteiger partial charge in [0.25, 0.3) is 0 Å². The Morgan fingerprint density at radius 3 is 1.82 bits per heavy atom. The van der Waals surface area contributed by atoms with E-state index >= 15 is 0 Å². The molecule has 0 spiro atoms. The molecule has 1 unspecified atom stereocenters. The SMILES string of the molecule is CCCCc1nc2ccc(N(c3cccc4c(N(C)C)cccc34)S(=O)[O-])cc2n1Cc1ccc(-c2ccccc2-c2nnnn2C(c2ccccc2)(c2ccccc2)c2ccccc2)cc1. The van der Waals surface area contributed by atoms with Gasteiger partial charge in [0.2, 0.25) is 0 Å². The number of hydrogen-bond donors (Lipinski definition) is 0. The minimum Gasteiger partial charge on any atom is -0.755 e. The van der Waals surface area contributed by atoms with E-state index in [0.29, 0.717) is 23.7 Å². The van der Waals surface area contributed by atoms with Crippen LogP contribution in [0.25, 0.3) is 44.3 Å². The Hall–Kier alpha value is -7.73. The lowest BCUT2D eigenvalue weighted by atomic mass is 9.77. The number of aromatic nitrogens is 6. The van der Waals surface area contributed by atoms with Gasteiger partial charge in [-0.05, 0) is 80.6 Å². The summed E-state index contributed by atoms with van der Waals surface area (Å²) in [6.45, 7) is 2.73. The van der Waals surface area contributed by atoms with Gasteiger partial charge in [-0.3, -0.25) is 8.51 Å². The molecule has 0 aliphatic carbocycles. The zero-order valence-corrected chi connectivity index (χ0v) is 38.4. The molecule has 67 heavy (non-hydrogen) atoms. The highest BCUT2D eigenvalue weighted by Crippen LogP contribution is 2.44. The molecule has 0 radical (unpaired) electrons. The number of aryl methyl sites for hydroxylation is 1. The normalized spacial score (nSPS) is 12.1. The van der Waals surface area contributed by atoms with Crippen molar-refractivity contribution < 1.29 is 8.76 Å². The van der Waals surface area contributed by atoms with E-state index in [1.165, 1.54) is 4.31 Å². The fraction of sp³-hybridized carbons (Fsp3) is 0.143. The number of tetrazole rings is 1. The summed E-state index contributed by atoms with van der Waals surface area (Å²) in [7, 11) is 3.98. The summed E-state index contributed by atoms with van der Waals surface area (Å²) in [5.74, 6) is 1.59. The molecule has 0 bridgehead atoms. The molecule has 2 aromatic heterocycles. The van der Waals surface area contributed by atoms with Crippen molar-refractivity contribution in [1.29, 1.82) is 0 Å². The monoisotopic (exact) mass is 897 g/mol. The number of hydrogen-bond acceptors (Lipinski definition) is 7. The maximum absolute atomic E-state index is 13.2. The third kappa shape index (κ3) is 7.96. The molecule has 0 aliphatic heterocycles. The molecule has 0 saturated carbocycles. The van der Waals surface area contributed by atoms with E-state index < -0.39 is 16.8 Å². The van der Waals surface area contributed by atoms with Gasteiger partial charge < -0.3 is 14.0 Å². The van der Waals surface area contributed by atoms with Crippen LogP contribution in [0.15, 0.2) is 194 Å². The lowest BCUT2D eigenvalue weighted by Crippen LogP contribution is -2.39. The van der Waals surface area contributed by atoms with E-state index in [4.69, 9.17) is 15.3 Å². The van der Waals surface area contributed by atoms with Crippen LogP contribution in [-0.2, 0) is 29.8 Å². The second-order valence-electron chi connectivity index (χ2n) is 16.9. The molecule has 8 aromatic carbocycles. The molecular weight excluding hydrogens is 849 g/mol. The molecule has 0 aliphatic rings. The lowest BCUT2D eigenvalue weighted by Gasteiger charge is -2.36. The zero-order valence-electron chi connectivity index (χ0n) is 37.6. The van der Waals surface area contributed by atoms with Crippen molar-refractivity contribution in [2.24, 2.45) is 0 Å². The van der Waals surface area contributed by atoms with Gasteiger partial charge in [-0.1, -0.05) is 177 Å². The zero-order chi connectivity index (χ0) is 45.9. The topological polar surface area (TPSA) is 108 Å². The first-order chi connectivity index (χ1) is 32.9. The van der Waals surface area contributed by atoms with Crippen LogP contribution in [-0.4, -0.2) is 52.6 Å². The Kier molecular flexibility index (Phi) is 12.0. The molecule has 0 amide bonds. The van der Waals surface area contributed by atoms with Crippen LogP contribution in [0.3, 0.4) is 0 Å². The first kappa shape index (κ1) is 43.2. The van der Waals surface area contributed by atoms with Gasteiger partial charge >= 0.3 is 0 Å². The average Bonchev–Trinajstić information content (AvgIpc) is 3.99. The number of benzene rings is 8. The van der Waals surface area contributed by atoms with E-state index in [9.17, 15) is 8.76 Å². The van der Waals surface area contributed by atoms with E-state index in [2.05, 4.69) is 126 Å². The van der Waals surface area contributed by atoms with Crippen molar-refractivity contribution in [2.75, 3.05) is 23.3 Å². The first-order valence-electron chi connectivity index (χ1n) is 22.6. The van der Waals surface area contributed by atoms with Crippen molar-refractivity contribution >= 4 is 50.1 Å².